The Bertz CT molecular complexity index is 937. The van der Waals surface area contributed by atoms with Crippen molar-refractivity contribution in [3.05, 3.63) is 81.9 Å². The van der Waals surface area contributed by atoms with Crippen LogP contribution in [-0.4, -0.2) is 5.78 Å². The van der Waals surface area contributed by atoms with Crippen LogP contribution >= 0.6 is 0 Å². The maximum atomic E-state index is 13.5. The average Bonchev–Trinajstić information content (AvgIpc) is 2.63. The van der Waals surface area contributed by atoms with Gasteiger partial charge in [-0.2, -0.15) is 0 Å². The first-order valence-electron chi connectivity index (χ1n) is 10.3. The van der Waals surface area contributed by atoms with E-state index in [1.165, 1.54) is 11.1 Å². The van der Waals surface area contributed by atoms with Crippen LogP contribution in [0.4, 0.5) is 0 Å². The fourth-order valence-corrected chi connectivity index (χ4v) is 4.35. The quantitative estimate of drug-likeness (QED) is 0.517. The van der Waals surface area contributed by atoms with E-state index >= 15 is 0 Å². The molecule has 0 amide bonds. The Morgan fingerprint density at radius 1 is 0.857 bits per heavy atom. The number of benzene rings is 2. The zero-order valence-corrected chi connectivity index (χ0v) is 18.0. The molecule has 1 heteroatoms. The first-order valence-corrected chi connectivity index (χ1v) is 10.3. The van der Waals surface area contributed by atoms with E-state index in [9.17, 15) is 4.79 Å². The van der Waals surface area contributed by atoms with Crippen LogP contribution in [0.25, 0.3) is 12.2 Å². The van der Waals surface area contributed by atoms with Gasteiger partial charge in [0.2, 0.25) is 0 Å². The fourth-order valence-electron chi connectivity index (χ4n) is 4.35. The largest absolute Gasteiger partial charge is 0.289 e. The van der Waals surface area contributed by atoms with Crippen molar-refractivity contribution in [2.45, 2.75) is 48.0 Å². The highest BCUT2D eigenvalue weighted by Gasteiger charge is 2.39. The molecular weight excluding hydrogens is 340 g/mol. The molecule has 2 unspecified atom stereocenters. The van der Waals surface area contributed by atoms with Gasteiger partial charge in [0.15, 0.2) is 5.78 Å². The molecule has 0 spiro atoms. The first-order chi connectivity index (χ1) is 13.2. The van der Waals surface area contributed by atoms with Gasteiger partial charge in [-0.05, 0) is 71.9 Å². The SMILES string of the molecule is Cc1ccccc1/C=C1\CC(C(C)(C)C)C(C)/C(=C\c2ccccc2C)C1=O. The van der Waals surface area contributed by atoms with E-state index in [1.54, 1.807) is 0 Å². The van der Waals surface area contributed by atoms with Gasteiger partial charge >= 0.3 is 0 Å². The molecule has 1 nitrogen and oxygen atoms in total. The van der Waals surface area contributed by atoms with E-state index in [-0.39, 0.29) is 17.1 Å². The van der Waals surface area contributed by atoms with Crippen molar-refractivity contribution in [2.75, 3.05) is 0 Å². The highest BCUT2D eigenvalue weighted by Crippen LogP contribution is 2.45. The number of hydrogen-bond donors (Lipinski definition) is 0. The second-order valence-electron chi connectivity index (χ2n) is 9.28. The van der Waals surface area contributed by atoms with Crippen molar-refractivity contribution in [1.29, 1.82) is 0 Å². The third-order valence-corrected chi connectivity index (χ3v) is 6.22. The van der Waals surface area contributed by atoms with Gasteiger partial charge in [-0.15, -0.1) is 0 Å². The molecule has 1 fully saturated rings. The van der Waals surface area contributed by atoms with Crippen LogP contribution in [0, 0.1) is 31.1 Å². The first kappa shape index (κ1) is 20.3. The van der Waals surface area contributed by atoms with Crippen molar-refractivity contribution in [3.8, 4) is 0 Å². The van der Waals surface area contributed by atoms with Crippen molar-refractivity contribution in [3.63, 3.8) is 0 Å². The van der Waals surface area contributed by atoms with E-state index in [1.807, 2.05) is 24.3 Å². The van der Waals surface area contributed by atoms with Crippen molar-refractivity contribution < 1.29 is 4.79 Å². The van der Waals surface area contributed by atoms with Gasteiger partial charge in [0.25, 0.3) is 0 Å². The number of rotatable bonds is 2. The predicted octanol–water partition coefficient (Wildman–Crippen LogP) is 7.04. The van der Waals surface area contributed by atoms with Crippen LogP contribution in [0.3, 0.4) is 0 Å². The molecule has 0 saturated heterocycles. The molecule has 0 radical (unpaired) electrons. The molecular formula is C27H32O. The van der Waals surface area contributed by atoms with Gasteiger partial charge in [0, 0.05) is 11.1 Å². The lowest BCUT2D eigenvalue weighted by Crippen LogP contribution is -2.35. The van der Waals surface area contributed by atoms with Gasteiger partial charge in [-0.25, -0.2) is 0 Å². The number of Topliss-reactive ketones (excluding diaryl/α,β-unsaturated/α-hetero) is 1. The normalized spacial score (nSPS) is 23.4. The Balaban J connectivity index is 2.12. The number of ketones is 1. The third kappa shape index (κ3) is 4.19. The Hall–Kier alpha value is -2.41. The minimum absolute atomic E-state index is 0.135. The number of carbonyl (C=O) groups excluding carboxylic acids is 1. The second-order valence-corrected chi connectivity index (χ2v) is 9.28. The van der Waals surface area contributed by atoms with Crippen LogP contribution in [0.2, 0.25) is 0 Å². The summed E-state index contributed by atoms with van der Waals surface area (Å²) in [6, 6.07) is 16.6. The zero-order valence-electron chi connectivity index (χ0n) is 18.0. The third-order valence-electron chi connectivity index (χ3n) is 6.22. The summed E-state index contributed by atoms with van der Waals surface area (Å²) in [5, 5.41) is 0. The van der Waals surface area contributed by atoms with Gasteiger partial charge in [-0.3, -0.25) is 4.79 Å². The van der Waals surface area contributed by atoms with Gasteiger partial charge in [0.1, 0.15) is 0 Å². The Kier molecular flexibility index (Phi) is 5.74. The number of allylic oxidation sites excluding steroid dienone is 2. The maximum Gasteiger partial charge on any atom is 0.185 e. The highest BCUT2D eigenvalue weighted by atomic mass is 16.1. The molecule has 2 atom stereocenters. The van der Waals surface area contributed by atoms with Crippen LogP contribution in [0.5, 0.6) is 0 Å². The predicted molar refractivity (Wildman–Crippen MR) is 120 cm³/mol. The summed E-state index contributed by atoms with van der Waals surface area (Å²) in [5.74, 6) is 0.872. The summed E-state index contributed by atoms with van der Waals surface area (Å²) in [6.45, 7) is 13.3. The lowest BCUT2D eigenvalue weighted by atomic mass is 9.63. The molecule has 0 N–H and O–H groups in total. The molecule has 2 aromatic carbocycles. The lowest BCUT2D eigenvalue weighted by molar-refractivity contribution is -0.114. The summed E-state index contributed by atoms with van der Waals surface area (Å²) in [6.07, 6.45) is 5.09. The van der Waals surface area contributed by atoms with Crippen molar-refractivity contribution >= 4 is 17.9 Å². The van der Waals surface area contributed by atoms with Crippen LogP contribution in [-0.2, 0) is 4.79 Å². The molecule has 0 bridgehead atoms. The van der Waals surface area contributed by atoms with E-state index in [0.717, 1.165) is 28.7 Å². The maximum absolute atomic E-state index is 13.5. The summed E-state index contributed by atoms with van der Waals surface area (Å²) < 4.78 is 0. The average molecular weight is 373 g/mol. The molecule has 1 aliphatic rings. The van der Waals surface area contributed by atoms with E-state index in [4.69, 9.17) is 0 Å². The van der Waals surface area contributed by atoms with E-state index < -0.39 is 0 Å². The van der Waals surface area contributed by atoms with E-state index in [2.05, 4.69) is 78.0 Å². The molecule has 1 aliphatic carbocycles. The van der Waals surface area contributed by atoms with Crippen LogP contribution in [0.1, 0.15) is 56.4 Å². The van der Waals surface area contributed by atoms with Crippen LogP contribution < -0.4 is 0 Å². The lowest BCUT2D eigenvalue weighted by Gasteiger charge is -2.40. The molecule has 3 rings (SSSR count). The molecule has 2 aromatic rings. The topological polar surface area (TPSA) is 17.1 Å². The van der Waals surface area contributed by atoms with Crippen molar-refractivity contribution in [1.82, 2.24) is 0 Å². The summed E-state index contributed by atoms with van der Waals surface area (Å²) in [7, 11) is 0. The molecule has 0 aromatic heterocycles. The van der Waals surface area contributed by atoms with Gasteiger partial charge in [0.05, 0.1) is 0 Å². The summed E-state index contributed by atoms with van der Waals surface area (Å²) in [4.78, 5) is 13.5. The zero-order chi connectivity index (χ0) is 20.5. The number of hydrogen-bond acceptors (Lipinski definition) is 1. The fraction of sp³-hybridized carbons (Fsp3) is 0.370. The Morgan fingerprint density at radius 2 is 1.36 bits per heavy atom. The molecule has 1 saturated carbocycles. The Morgan fingerprint density at radius 3 is 1.86 bits per heavy atom. The smallest absolute Gasteiger partial charge is 0.185 e. The van der Waals surface area contributed by atoms with Crippen LogP contribution in [0.15, 0.2) is 59.7 Å². The Labute approximate surface area is 170 Å². The molecule has 0 aliphatic heterocycles. The minimum atomic E-state index is 0.135. The number of aryl methyl sites for hydroxylation is 2. The van der Waals surface area contributed by atoms with E-state index in [0.29, 0.717) is 5.92 Å². The highest BCUT2D eigenvalue weighted by molar-refractivity contribution is 6.14. The number of carbonyl (C=O) groups is 1. The van der Waals surface area contributed by atoms with Gasteiger partial charge < -0.3 is 0 Å². The minimum Gasteiger partial charge on any atom is -0.289 e. The van der Waals surface area contributed by atoms with Crippen molar-refractivity contribution in [2.24, 2.45) is 17.3 Å². The summed E-state index contributed by atoms with van der Waals surface area (Å²) in [5.41, 5.74) is 6.71. The molecule has 146 valence electrons. The second kappa shape index (κ2) is 7.91. The van der Waals surface area contributed by atoms with Gasteiger partial charge in [-0.1, -0.05) is 76.2 Å². The molecule has 0 heterocycles. The monoisotopic (exact) mass is 372 g/mol. The summed E-state index contributed by atoms with van der Waals surface area (Å²) >= 11 is 0. The molecule has 28 heavy (non-hydrogen) atoms. The standard InChI is InChI=1S/C27H32O/c1-18-11-7-9-13-21(18)15-23-17-25(27(4,5)6)20(3)24(26(23)28)16-22-14-10-8-12-19(22)2/h7-16,20,25H,17H2,1-6H3/b23-15+,24-16+.